The largest absolute Gasteiger partial charge is 0.465 e. The molecule has 0 aliphatic carbocycles. The summed E-state index contributed by atoms with van der Waals surface area (Å²) in [5.41, 5.74) is 0. The molecule has 0 saturated heterocycles. The van der Waals surface area contributed by atoms with Crippen LogP contribution in [0.5, 0.6) is 0 Å². The first-order chi connectivity index (χ1) is 8.24. The number of carbonyl (C=O) groups excluding carboxylic acids is 1. The van der Waals surface area contributed by atoms with Gasteiger partial charge in [0, 0.05) is 0 Å². The maximum atomic E-state index is 11.3. The lowest BCUT2D eigenvalue weighted by molar-refractivity contribution is -0.142. The maximum Gasteiger partial charge on any atom is 0.319 e. The molecule has 1 unspecified atom stereocenters. The van der Waals surface area contributed by atoms with Crippen molar-refractivity contribution in [2.45, 2.75) is 59.3 Å². The van der Waals surface area contributed by atoms with Crippen LogP contribution in [-0.4, -0.2) is 25.7 Å². The molecule has 3 heteroatoms. The van der Waals surface area contributed by atoms with Crippen molar-refractivity contribution in [3.63, 3.8) is 0 Å². The molecule has 0 aromatic carbocycles. The number of carbonyl (C=O) groups is 1. The molecule has 0 aliphatic heterocycles. The van der Waals surface area contributed by atoms with Crippen LogP contribution in [0.1, 0.15) is 59.3 Å². The van der Waals surface area contributed by atoms with E-state index in [1.54, 1.807) is 0 Å². The number of nitrogens with one attached hydrogen (secondary N) is 1. The van der Waals surface area contributed by atoms with E-state index in [2.05, 4.69) is 26.1 Å². The van der Waals surface area contributed by atoms with Gasteiger partial charge >= 0.3 is 5.97 Å². The van der Waals surface area contributed by atoms with E-state index in [9.17, 15) is 4.79 Å². The second-order valence-corrected chi connectivity index (χ2v) is 4.62. The van der Waals surface area contributed by atoms with Crippen molar-refractivity contribution in [3.8, 4) is 0 Å². The van der Waals surface area contributed by atoms with E-state index >= 15 is 0 Å². The molecule has 0 aromatic rings. The van der Waals surface area contributed by atoms with Gasteiger partial charge in [-0.1, -0.05) is 46.5 Å². The molecule has 0 heterocycles. The van der Waals surface area contributed by atoms with Crippen molar-refractivity contribution < 1.29 is 9.53 Å². The Labute approximate surface area is 106 Å². The van der Waals surface area contributed by atoms with Gasteiger partial charge in [-0.3, -0.25) is 4.79 Å². The van der Waals surface area contributed by atoms with E-state index in [1.165, 1.54) is 25.7 Å². The Morgan fingerprint density at radius 3 is 2.47 bits per heavy atom. The van der Waals surface area contributed by atoms with Gasteiger partial charge in [0.25, 0.3) is 0 Å². The molecule has 1 N–H and O–H groups in total. The lowest BCUT2D eigenvalue weighted by atomic mass is 9.99. The van der Waals surface area contributed by atoms with Crippen LogP contribution in [0.15, 0.2) is 0 Å². The van der Waals surface area contributed by atoms with Crippen LogP contribution in [0.2, 0.25) is 0 Å². The predicted octanol–water partition coefficient (Wildman–Crippen LogP) is 3.14. The highest BCUT2D eigenvalue weighted by Crippen LogP contribution is 2.10. The second kappa shape index (κ2) is 11.9. The Kier molecular flexibility index (Phi) is 11.5. The number of unbranched alkanes of at least 4 members (excludes halogenated alkanes) is 2. The summed E-state index contributed by atoms with van der Waals surface area (Å²) in [7, 11) is 0. The predicted molar refractivity (Wildman–Crippen MR) is 72.0 cm³/mol. The van der Waals surface area contributed by atoms with Gasteiger partial charge in [0.05, 0.1) is 13.2 Å². The lowest BCUT2D eigenvalue weighted by Crippen LogP contribution is -2.29. The summed E-state index contributed by atoms with van der Waals surface area (Å²) in [6.45, 7) is 8.36. The average molecular weight is 243 g/mol. The van der Waals surface area contributed by atoms with E-state index in [-0.39, 0.29) is 5.97 Å². The molecule has 0 rings (SSSR count). The van der Waals surface area contributed by atoms with Crippen LogP contribution in [-0.2, 0) is 9.53 Å². The van der Waals surface area contributed by atoms with E-state index < -0.39 is 0 Å². The monoisotopic (exact) mass is 243 g/mol. The Hall–Kier alpha value is -0.570. The zero-order valence-corrected chi connectivity index (χ0v) is 11.8. The lowest BCUT2D eigenvalue weighted by Gasteiger charge is -2.14. The molecule has 0 radical (unpaired) electrons. The zero-order chi connectivity index (χ0) is 12.9. The van der Waals surface area contributed by atoms with Crippen LogP contribution in [0.3, 0.4) is 0 Å². The summed E-state index contributed by atoms with van der Waals surface area (Å²) in [6.07, 6.45) is 6.98. The summed E-state index contributed by atoms with van der Waals surface area (Å²) >= 11 is 0. The molecule has 0 bridgehead atoms. The number of rotatable bonds is 11. The number of hydrogen-bond donors (Lipinski definition) is 1. The van der Waals surface area contributed by atoms with E-state index in [4.69, 9.17) is 4.74 Å². The molecule has 0 aromatic heterocycles. The van der Waals surface area contributed by atoms with Crippen molar-refractivity contribution in [2.75, 3.05) is 19.7 Å². The molecule has 1 atom stereocenters. The highest BCUT2D eigenvalue weighted by Gasteiger charge is 2.07. The van der Waals surface area contributed by atoms with Gasteiger partial charge in [0.2, 0.25) is 0 Å². The number of ether oxygens (including phenoxy) is 1. The van der Waals surface area contributed by atoms with E-state index in [1.807, 2.05) is 0 Å². The normalized spacial score (nSPS) is 12.4. The van der Waals surface area contributed by atoms with Crippen molar-refractivity contribution in [3.05, 3.63) is 0 Å². The fourth-order valence-corrected chi connectivity index (χ4v) is 1.70. The molecule has 0 saturated carbocycles. The van der Waals surface area contributed by atoms with Crippen LogP contribution in [0.25, 0.3) is 0 Å². The first-order valence-corrected chi connectivity index (χ1v) is 7.10. The van der Waals surface area contributed by atoms with Gasteiger partial charge in [0.15, 0.2) is 0 Å². The smallest absolute Gasteiger partial charge is 0.319 e. The molecule has 0 aliphatic rings. The average Bonchev–Trinajstić information content (AvgIpc) is 2.34. The topological polar surface area (TPSA) is 38.3 Å². The third kappa shape index (κ3) is 10.3. The van der Waals surface area contributed by atoms with Crippen LogP contribution >= 0.6 is 0 Å². The Balaban J connectivity index is 3.48. The van der Waals surface area contributed by atoms with Crippen LogP contribution in [0, 0.1) is 5.92 Å². The molecule has 0 fully saturated rings. The highest BCUT2D eigenvalue weighted by atomic mass is 16.5. The molecule has 0 amide bonds. The Morgan fingerprint density at radius 1 is 1.18 bits per heavy atom. The fraction of sp³-hybridized carbons (Fsp3) is 0.929. The standard InChI is InChI=1S/C14H29NO2/c1-4-7-9-13(6-3)11-15-12-14(16)17-10-8-5-2/h13,15H,4-12H2,1-3H3. The molecular weight excluding hydrogens is 214 g/mol. The van der Waals surface area contributed by atoms with Crippen molar-refractivity contribution >= 4 is 5.97 Å². The number of hydrogen-bond acceptors (Lipinski definition) is 3. The fourth-order valence-electron chi connectivity index (χ4n) is 1.70. The van der Waals surface area contributed by atoms with Crippen LogP contribution < -0.4 is 5.32 Å². The summed E-state index contributed by atoms with van der Waals surface area (Å²) in [6, 6.07) is 0. The molecule has 3 nitrogen and oxygen atoms in total. The van der Waals surface area contributed by atoms with Gasteiger partial charge in [-0.05, 0) is 25.3 Å². The summed E-state index contributed by atoms with van der Waals surface area (Å²) in [5.74, 6) is 0.571. The van der Waals surface area contributed by atoms with Crippen molar-refractivity contribution in [1.82, 2.24) is 5.32 Å². The minimum atomic E-state index is -0.121. The first-order valence-electron chi connectivity index (χ1n) is 7.10. The van der Waals surface area contributed by atoms with Crippen molar-refractivity contribution in [2.24, 2.45) is 5.92 Å². The van der Waals surface area contributed by atoms with Crippen LogP contribution in [0.4, 0.5) is 0 Å². The Bertz CT molecular complexity index is 183. The molecule has 102 valence electrons. The van der Waals surface area contributed by atoms with Gasteiger partial charge in [-0.2, -0.15) is 0 Å². The molecular formula is C14H29NO2. The highest BCUT2D eigenvalue weighted by molar-refractivity contribution is 5.71. The summed E-state index contributed by atoms with van der Waals surface area (Å²) in [5, 5.41) is 3.20. The summed E-state index contributed by atoms with van der Waals surface area (Å²) < 4.78 is 5.08. The van der Waals surface area contributed by atoms with Gasteiger partial charge in [-0.25, -0.2) is 0 Å². The quantitative estimate of drug-likeness (QED) is 0.447. The second-order valence-electron chi connectivity index (χ2n) is 4.62. The zero-order valence-electron chi connectivity index (χ0n) is 11.8. The van der Waals surface area contributed by atoms with E-state index in [0.717, 1.165) is 19.4 Å². The first kappa shape index (κ1) is 16.4. The van der Waals surface area contributed by atoms with Gasteiger partial charge in [0.1, 0.15) is 0 Å². The molecule has 0 spiro atoms. The van der Waals surface area contributed by atoms with Gasteiger partial charge in [-0.15, -0.1) is 0 Å². The van der Waals surface area contributed by atoms with E-state index in [0.29, 0.717) is 19.1 Å². The Morgan fingerprint density at radius 2 is 1.88 bits per heavy atom. The maximum absolute atomic E-state index is 11.3. The SMILES string of the molecule is CCCCOC(=O)CNCC(CC)CCCC. The van der Waals surface area contributed by atoms with Crippen molar-refractivity contribution in [1.29, 1.82) is 0 Å². The minimum absolute atomic E-state index is 0.121. The number of esters is 1. The molecule has 17 heavy (non-hydrogen) atoms. The minimum Gasteiger partial charge on any atom is -0.465 e. The third-order valence-electron chi connectivity index (χ3n) is 3.01. The van der Waals surface area contributed by atoms with Gasteiger partial charge < -0.3 is 10.1 Å². The third-order valence-corrected chi connectivity index (χ3v) is 3.01. The summed E-state index contributed by atoms with van der Waals surface area (Å²) in [4.78, 5) is 11.3.